The lowest BCUT2D eigenvalue weighted by Crippen LogP contribution is -2.28. The number of hydrazone groups is 1. The molecule has 0 aromatic rings. The fourth-order valence-corrected chi connectivity index (χ4v) is 1.91. The molecule has 0 aromatic carbocycles. The van der Waals surface area contributed by atoms with Crippen LogP contribution in [-0.4, -0.2) is 36.5 Å². The molecule has 0 spiro atoms. The van der Waals surface area contributed by atoms with Crippen molar-refractivity contribution >= 4 is 5.71 Å². The van der Waals surface area contributed by atoms with E-state index in [9.17, 15) is 5.11 Å². The SMILES string of the molecule is CC1CC/C(=N/N(C)C)C(CO)C1. The van der Waals surface area contributed by atoms with Gasteiger partial charge in [-0.15, -0.1) is 0 Å². The highest BCUT2D eigenvalue weighted by Gasteiger charge is 2.24. The van der Waals surface area contributed by atoms with Crippen LogP contribution in [0.1, 0.15) is 26.2 Å². The van der Waals surface area contributed by atoms with Gasteiger partial charge in [0.2, 0.25) is 0 Å². The van der Waals surface area contributed by atoms with Crippen LogP contribution in [0, 0.1) is 11.8 Å². The maximum Gasteiger partial charge on any atom is 0.0512 e. The standard InChI is InChI=1S/C10H20N2O/c1-8-4-5-10(11-12(2)3)9(6-8)7-13/h8-9,13H,4-7H2,1-3H3/b11-10-. The van der Waals surface area contributed by atoms with Gasteiger partial charge < -0.3 is 10.1 Å². The van der Waals surface area contributed by atoms with Gasteiger partial charge in [-0.05, 0) is 25.2 Å². The minimum absolute atomic E-state index is 0.247. The Morgan fingerprint density at radius 1 is 1.54 bits per heavy atom. The van der Waals surface area contributed by atoms with Gasteiger partial charge >= 0.3 is 0 Å². The second-order valence-corrected chi connectivity index (χ2v) is 4.20. The molecule has 1 aliphatic carbocycles. The lowest BCUT2D eigenvalue weighted by Gasteiger charge is -2.27. The maximum atomic E-state index is 9.19. The summed E-state index contributed by atoms with van der Waals surface area (Å²) in [5, 5.41) is 15.4. The lowest BCUT2D eigenvalue weighted by molar-refractivity contribution is 0.227. The van der Waals surface area contributed by atoms with E-state index in [4.69, 9.17) is 0 Å². The Morgan fingerprint density at radius 2 is 2.23 bits per heavy atom. The van der Waals surface area contributed by atoms with E-state index in [2.05, 4.69) is 12.0 Å². The van der Waals surface area contributed by atoms with Gasteiger partial charge in [0, 0.05) is 25.7 Å². The first kappa shape index (κ1) is 10.5. The summed E-state index contributed by atoms with van der Waals surface area (Å²) in [7, 11) is 3.86. The third-order valence-electron chi connectivity index (χ3n) is 2.60. The van der Waals surface area contributed by atoms with Gasteiger partial charge in [0.1, 0.15) is 0 Å². The predicted molar refractivity (Wildman–Crippen MR) is 54.7 cm³/mol. The van der Waals surface area contributed by atoms with E-state index in [1.807, 2.05) is 19.1 Å². The van der Waals surface area contributed by atoms with Gasteiger partial charge in [-0.25, -0.2) is 0 Å². The van der Waals surface area contributed by atoms with Crippen LogP contribution < -0.4 is 0 Å². The number of hydrogen-bond acceptors (Lipinski definition) is 3. The van der Waals surface area contributed by atoms with E-state index >= 15 is 0 Å². The average Bonchev–Trinajstić information content (AvgIpc) is 2.07. The summed E-state index contributed by atoms with van der Waals surface area (Å²) in [4.78, 5) is 0. The predicted octanol–water partition coefficient (Wildman–Crippen LogP) is 1.33. The normalized spacial score (nSPS) is 32.2. The number of hydrogen-bond donors (Lipinski definition) is 1. The van der Waals surface area contributed by atoms with Crippen molar-refractivity contribution in [3.05, 3.63) is 0 Å². The van der Waals surface area contributed by atoms with Crippen molar-refractivity contribution in [2.24, 2.45) is 16.9 Å². The molecule has 0 radical (unpaired) electrons. The van der Waals surface area contributed by atoms with E-state index in [1.54, 1.807) is 0 Å². The maximum absolute atomic E-state index is 9.19. The molecule has 1 aliphatic rings. The Labute approximate surface area is 80.4 Å². The van der Waals surface area contributed by atoms with Crippen molar-refractivity contribution in [3.8, 4) is 0 Å². The number of nitrogens with zero attached hydrogens (tertiary/aromatic N) is 2. The van der Waals surface area contributed by atoms with E-state index in [0.29, 0.717) is 5.92 Å². The van der Waals surface area contributed by atoms with Crippen LogP contribution in [0.15, 0.2) is 5.10 Å². The molecule has 1 N–H and O–H groups in total. The second-order valence-electron chi connectivity index (χ2n) is 4.20. The number of aliphatic hydroxyl groups is 1. The summed E-state index contributed by atoms with van der Waals surface area (Å²) in [5.41, 5.74) is 1.17. The van der Waals surface area contributed by atoms with Gasteiger partial charge in [-0.2, -0.15) is 5.10 Å². The molecule has 1 fully saturated rings. The molecule has 3 heteroatoms. The van der Waals surface area contributed by atoms with Crippen molar-refractivity contribution in [1.82, 2.24) is 5.01 Å². The van der Waals surface area contributed by atoms with Crippen LogP contribution in [0.25, 0.3) is 0 Å². The number of rotatable bonds is 2. The summed E-state index contributed by atoms with van der Waals surface area (Å²) in [5.74, 6) is 1.03. The van der Waals surface area contributed by atoms with Crippen LogP contribution in [0.3, 0.4) is 0 Å². The highest BCUT2D eigenvalue weighted by molar-refractivity contribution is 5.87. The van der Waals surface area contributed by atoms with Crippen LogP contribution in [0.4, 0.5) is 0 Å². The van der Waals surface area contributed by atoms with E-state index < -0.39 is 0 Å². The summed E-state index contributed by atoms with van der Waals surface area (Å²) in [6, 6.07) is 0. The Balaban J connectivity index is 2.62. The molecule has 76 valence electrons. The summed E-state index contributed by atoms with van der Waals surface area (Å²) < 4.78 is 0. The molecule has 0 saturated heterocycles. The number of aliphatic hydroxyl groups excluding tert-OH is 1. The molecule has 2 unspecified atom stereocenters. The topological polar surface area (TPSA) is 35.8 Å². The largest absolute Gasteiger partial charge is 0.396 e. The molecule has 0 heterocycles. The first-order valence-electron chi connectivity index (χ1n) is 4.99. The molecule has 3 nitrogen and oxygen atoms in total. The monoisotopic (exact) mass is 184 g/mol. The van der Waals surface area contributed by atoms with Gasteiger partial charge in [-0.1, -0.05) is 6.92 Å². The molecular formula is C10H20N2O. The summed E-state index contributed by atoms with van der Waals surface area (Å²) in [6.07, 6.45) is 3.34. The van der Waals surface area contributed by atoms with Crippen molar-refractivity contribution in [2.75, 3.05) is 20.7 Å². The minimum atomic E-state index is 0.247. The lowest BCUT2D eigenvalue weighted by atomic mass is 9.81. The second kappa shape index (κ2) is 4.61. The zero-order valence-corrected chi connectivity index (χ0v) is 8.82. The smallest absolute Gasteiger partial charge is 0.0512 e. The fourth-order valence-electron chi connectivity index (χ4n) is 1.91. The van der Waals surface area contributed by atoms with Gasteiger partial charge in [0.05, 0.1) is 6.61 Å². The molecule has 0 bridgehead atoms. The van der Waals surface area contributed by atoms with Crippen LogP contribution in [0.2, 0.25) is 0 Å². The molecule has 1 rings (SSSR count). The third-order valence-corrected chi connectivity index (χ3v) is 2.60. The molecule has 0 amide bonds. The van der Waals surface area contributed by atoms with Crippen molar-refractivity contribution in [1.29, 1.82) is 0 Å². The molecule has 1 saturated carbocycles. The van der Waals surface area contributed by atoms with Gasteiger partial charge in [-0.3, -0.25) is 0 Å². The van der Waals surface area contributed by atoms with Crippen molar-refractivity contribution in [3.63, 3.8) is 0 Å². The van der Waals surface area contributed by atoms with Crippen LogP contribution >= 0.6 is 0 Å². The Kier molecular flexibility index (Phi) is 3.72. The van der Waals surface area contributed by atoms with Gasteiger partial charge in [0.15, 0.2) is 0 Å². The van der Waals surface area contributed by atoms with Crippen molar-refractivity contribution in [2.45, 2.75) is 26.2 Å². The molecule has 0 aliphatic heterocycles. The summed E-state index contributed by atoms with van der Waals surface area (Å²) in [6.45, 7) is 2.49. The zero-order chi connectivity index (χ0) is 9.84. The van der Waals surface area contributed by atoms with Gasteiger partial charge in [0.25, 0.3) is 0 Å². The molecular weight excluding hydrogens is 164 g/mol. The highest BCUT2D eigenvalue weighted by Crippen LogP contribution is 2.26. The van der Waals surface area contributed by atoms with Crippen molar-refractivity contribution < 1.29 is 5.11 Å². The Hall–Kier alpha value is -0.570. The molecule has 2 atom stereocenters. The fraction of sp³-hybridized carbons (Fsp3) is 0.900. The van der Waals surface area contributed by atoms with Crippen LogP contribution in [-0.2, 0) is 0 Å². The first-order valence-corrected chi connectivity index (χ1v) is 4.99. The zero-order valence-electron chi connectivity index (χ0n) is 8.82. The Bertz CT molecular complexity index is 189. The van der Waals surface area contributed by atoms with E-state index in [-0.39, 0.29) is 6.61 Å². The average molecular weight is 184 g/mol. The van der Waals surface area contributed by atoms with E-state index in [1.165, 1.54) is 12.1 Å². The quantitative estimate of drug-likeness (QED) is 0.657. The molecule has 0 aromatic heterocycles. The Morgan fingerprint density at radius 3 is 2.77 bits per heavy atom. The highest BCUT2D eigenvalue weighted by atomic mass is 16.3. The minimum Gasteiger partial charge on any atom is -0.396 e. The summed E-state index contributed by atoms with van der Waals surface area (Å²) >= 11 is 0. The van der Waals surface area contributed by atoms with Crippen LogP contribution in [0.5, 0.6) is 0 Å². The van der Waals surface area contributed by atoms with E-state index in [0.717, 1.165) is 18.8 Å². The third kappa shape index (κ3) is 2.99. The molecule has 13 heavy (non-hydrogen) atoms. The first-order chi connectivity index (χ1) is 6.13.